The third-order valence-electron chi connectivity index (χ3n) is 5.20. The summed E-state index contributed by atoms with van der Waals surface area (Å²) in [4.78, 5) is 22.0. The number of ether oxygens (including phenoxy) is 1. The third kappa shape index (κ3) is 4.79. The van der Waals surface area contributed by atoms with Crippen LogP contribution in [0.15, 0.2) is 58.3 Å². The number of hydrogen-bond donors (Lipinski definition) is 0. The summed E-state index contributed by atoms with van der Waals surface area (Å²) in [5.74, 6) is 1.73. The molecule has 0 atom stereocenters. The van der Waals surface area contributed by atoms with Crippen LogP contribution in [0.3, 0.4) is 0 Å². The Bertz CT molecular complexity index is 996. The van der Waals surface area contributed by atoms with Crippen LogP contribution in [0.2, 0.25) is 0 Å². The molecular weight excluding hydrogens is 414 g/mol. The molecule has 1 aromatic heterocycles. The van der Waals surface area contributed by atoms with Gasteiger partial charge in [-0.25, -0.2) is 4.98 Å². The highest BCUT2D eigenvalue weighted by Crippen LogP contribution is 2.28. The van der Waals surface area contributed by atoms with Gasteiger partial charge in [0.25, 0.3) is 5.91 Å². The average Bonchev–Trinajstić information content (AvgIpc) is 3.22. The van der Waals surface area contributed by atoms with Gasteiger partial charge in [0, 0.05) is 54.3 Å². The number of carbonyl (C=O) groups excluding carboxylic acids is 1. The van der Waals surface area contributed by atoms with Gasteiger partial charge in [-0.05, 0) is 42.8 Å². The zero-order valence-corrected chi connectivity index (χ0v) is 18.8. The second-order valence-corrected chi connectivity index (χ2v) is 9.26. The molecule has 156 valence electrons. The summed E-state index contributed by atoms with van der Waals surface area (Å²) in [6.45, 7) is 5.10. The predicted octanol–water partition coefficient (Wildman–Crippen LogP) is 4.71. The van der Waals surface area contributed by atoms with Crippen LogP contribution in [-0.4, -0.2) is 49.1 Å². The quantitative estimate of drug-likeness (QED) is 0.520. The molecule has 2 aromatic carbocycles. The number of thioether (sulfide) groups is 1. The van der Waals surface area contributed by atoms with Crippen LogP contribution in [-0.2, 0) is 5.75 Å². The molecule has 0 unspecified atom stereocenters. The number of rotatable bonds is 6. The van der Waals surface area contributed by atoms with Gasteiger partial charge in [0.05, 0.1) is 7.11 Å². The van der Waals surface area contributed by atoms with Crippen molar-refractivity contribution in [1.29, 1.82) is 0 Å². The van der Waals surface area contributed by atoms with E-state index in [1.54, 1.807) is 30.2 Å². The number of aromatic nitrogens is 1. The first kappa shape index (κ1) is 20.8. The van der Waals surface area contributed by atoms with Gasteiger partial charge >= 0.3 is 0 Å². The predicted molar refractivity (Wildman–Crippen MR) is 124 cm³/mol. The van der Waals surface area contributed by atoms with Crippen LogP contribution < -0.4 is 9.64 Å². The molecule has 0 radical (unpaired) electrons. The van der Waals surface area contributed by atoms with Gasteiger partial charge in [0.1, 0.15) is 10.1 Å². The molecule has 5 nitrogen and oxygen atoms in total. The highest BCUT2D eigenvalue weighted by atomic mass is 32.2. The van der Waals surface area contributed by atoms with Crippen LogP contribution >= 0.6 is 23.1 Å². The fourth-order valence-corrected chi connectivity index (χ4v) is 5.38. The Hall–Kier alpha value is -2.51. The summed E-state index contributed by atoms with van der Waals surface area (Å²) in [6.07, 6.45) is 0. The molecule has 1 saturated heterocycles. The van der Waals surface area contributed by atoms with E-state index in [1.165, 1.54) is 5.69 Å². The van der Waals surface area contributed by atoms with E-state index in [9.17, 15) is 4.79 Å². The summed E-state index contributed by atoms with van der Waals surface area (Å²) in [7, 11) is 1.67. The van der Waals surface area contributed by atoms with E-state index < -0.39 is 0 Å². The van der Waals surface area contributed by atoms with Crippen molar-refractivity contribution < 1.29 is 9.53 Å². The van der Waals surface area contributed by atoms with Gasteiger partial charge in [0.2, 0.25) is 0 Å². The first-order valence-electron chi connectivity index (χ1n) is 9.95. The maximum atomic E-state index is 13.2. The third-order valence-corrected chi connectivity index (χ3v) is 7.39. The molecule has 0 N–H and O–H groups in total. The molecule has 0 saturated carbocycles. The molecule has 3 aromatic rings. The summed E-state index contributed by atoms with van der Waals surface area (Å²) in [6, 6.07) is 16.0. The van der Waals surface area contributed by atoms with Crippen molar-refractivity contribution in [3.63, 3.8) is 0 Å². The normalized spacial score (nSPS) is 14.1. The van der Waals surface area contributed by atoms with Crippen LogP contribution in [0.1, 0.15) is 21.6 Å². The molecule has 2 heterocycles. The van der Waals surface area contributed by atoms with E-state index in [0.29, 0.717) is 0 Å². The number of thiazole rings is 1. The number of carbonyl (C=O) groups is 1. The van der Waals surface area contributed by atoms with E-state index in [2.05, 4.69) is 27.4 Å². The monoisotopic (exact) mass is 439 g/mol. The van der Waals surface area contributed by atoms with Crippen molar-refractivity contribution in [2.75, 3.05) is 38.2 Å². The van der Waals surface area contributed by atoms with Gasteiger partial charge in [-0.3, -0.25) is 4.79 Å². The van der Waals surface area contributed by atoms with E-state index in [0.717, 1.165) is 58.8 Å². The van der Waals surface area contributed by atoms with Crippen LogP contribution in [0.25, 0.3) is 0 Å². The molecule has 4 rings (SSSR count). The lowest BCUT2D eigenvalue weighted by Gasteiger charge is -2.36. The minimum Gasteiger partial charge on any atom is -0.497 e. The molecule has 7 heteroatoms. The number of nitrogens with zero attached hydrogens (tertiary/aromatic N) is 3. The van der Waals surface area contributed by atoms with Crippen molar-refractivity contribution in [2.24, 2.45) is 0 Å². The highest BCUT2D eigenvalue weighted by molar-refractivity contribution is 8.00. The molecule has 0 bridgehead atoms. The van der Waals surface area contributed by atoms with Gasteiger partial charge in [-0.15, -0.1) is 11.3 Å². The van der Waals surface area contributed by atoms with Crippen molar-refractivity contribution >= 4 is 34.7 Å². The average molecular weight is 440 g/mol. The number of methoxy groups -OCH3 is 1. The first-order valence-corrected chi connectivity index (χ1v) is 11.8. The minimum atomic E-state index is 0.121. The van der Waals surface area contributed by atoms with Crippen molar-refractivity contribution in [2.45, 2.75) is 17.0 Å². The topological polar surface area (TPSA) is 45.7 Å². The minimum absolute atomic E-state index is 0.121. The summed E-state index contributed by atoms with van der Waals surface area (Å²) in [5, 5.41) is 2.06. The Labute approximate surface area is 185 Å². The van der Waals surface area contributed by atoms with E-state index in [1.807, 2.05) is 48.2 Å². The SMILES string of the molecule is COc1ccc(N2CCN(C(=O)c3ccccc3CSc3nc(C)cs3)CC2)cc1. The van der Waals surface area contributed by atoms with Crippen molar-refractivity contribution in [3.05, 3.63) is 70.7 Å². The van der Waals surface area contributed by atoms with Gasteiger partial charge < -0.3 is 14.5 Å². The summed E-state index contributed by atoms with van der Waals surface area (Å²) >= 11 is 3.35. The number of anilines is 1. The highest BCUT2D eigenvalue weighted by Gasteiger charge is 2.24. The molecule has 1 fully saturated rings. The van der Waals surface area contributed by atoms with E-state index >= 15 is 0 Å². The summed E-state index contributed by atoms with van der Waals surface area (Å²) < 4.78 is 6.28. The zero-order valence-electron chi connectivity index (χ0n) is 17.2. The lowest BCUT2D eigenvalue weighted by molar-refractivity contribution is 0.0746. The fraction of sp³-hybridized carbons (Fsp3) is 0.304. The Balaban J connectivity index is 1.39. The van der Waals surface area contributed by atoms with Gasteiger partial charge in [-0.2, -0.15) is 0 Å². The maximum Gasteiger partial charge on any atom is 0.254 e. The van der Waals surface area contributed by atoms with Crippen LogP contribution in [0, 0.1) is 6.92 Å². The lowest BCUT2D eigenvalue weighted by Crippen LogP contribution is -2.49. The standard InChI is InChI=1S/C23H25N3O2S2/c1-17-15-29-23(24-17)30-16-18-5-3-4-6-21(18)22(27)26-13-11-25(12-14-26)19-7-9-20(28-2)10-8-19/h3-10,15H,11-14,16H2,1-2H3. The van der Waals surface area contributed by atoms with E-state index in [4.69, 9.17) is 4.74 Å². The molecule has 0 aliphatic carbocycles. The second kappa shape index (κ2) is 9.53. The Morgan fingerprint density at radius 3 is 2.50 bits per heavy atom. The van der Waals surface area contributed by atoms with Gasteiger partial charge in [-0.1, -0.05) is 30.0 Å². The molecular formula is C23H25N3O2S2. The maximum absolute atomic E-state index is 13.2. The first-order chi connectivity index (χ1) is 14.6. The lowest BCUT2D eigenvalue weighted by atomic mass is 10.1. The number of aryl methyl sites for hydroxylation is 1. The number of piperazine rings is 1. The van der Waals surface area contributed by atoms with Crippen LogP contribution in [0.5, 0.6) is 5.75 Å². The molecule has 1 amide bonds. The largest absolute Gasteiger partial charge is 0.497 e. The Morgan fingerprint density at radius 2 is 1.83 bits per heavy atom. The molecule has 0 spiro atoms. The Morgan fingerprint density at radius 1 is 1.10 bits per heavy atom. The number of amides is 1. The fourth-order valence-electron chi connectivity index (χ4n) is 3.52. The second-order valence-electron chi connectivity index (χ2n) is 7.18. The van der Waals surface area contributed by atoms with Gasteiger partial charge in [0.15, 0.2) is 0 Å². The van der Waals surface area contributed by atoms with Crippen molar-refractivity contribution in [3.8, 4) is 5.75 Å². The number of benzene rings is 2. The smallest absolute Gasteiger partial charge is 0.254 e. The zero-order chi connectivity index (χ0) is 20.9. The van der Waals surface area contributed by atoms with E-state index in [-0.39, 0.29) is 5.91 Å². The molecule has 1 aliphatic heterocycles. The molecule has 30 heavy (non-hydrogen) atoms. The Kier molecular flexibility index (Phi) is 6.59. The van der Waals surface area contributed by atoms with Crippen LogP contribution in [0.4, 0.5) is 5.69 Å². The molecule has 1 aliphatic rings. The summed E-state index contributed by atoms with van der Waals surface area (Å²) in [5.41, 5.74) is 4.08. The number of hydrogen-bond acceptors (Lipinski definition) is 6. The van der Waals surface area contributed by atoms with Crippen molar-refractivity contribution in [1.82, 2.24) is 9.88 Å².